The highest BCUT2D eigenvalue weighted by atomic mass is 35.5. The minimum Gasteiger partial charge on any atom is -0.311 e. The van der Waals surface area contributed by atoms with Gasteiger partial charge in [-0.1, -0.05) is 17.7 Å². The third-order valence-corrected chi connectivity index (χ3v) is 4.78. The number of hydrogen-bond acceptors (Lipinski definition) is 2. The first-order valence-electron chi connectivity index (χ1n) is 7.02. The highest BCUT2D eigenvalue weighted by Crippen LogP contribution is 2.30. The average Bonchev–Trinajstić information content (AvgIpc) is 2.72. The minimum absolute atomic E-state index is 0.219. The van der Waals surface area contributed by atoms with Crippen LogP contribution in [-0.2, 0) is 6.54 Å². The summed E-state index contributed by atoms with van der Waals surface area (Å²) in [6, 6.07) is 7.04. The van der Waals surface area contributed by atoms with Crippen molar-refractivity contribution in [2.45, 2.75) is 50.4 Å². The third-order valence-electron chi connectivity index (χ3n) is 4.49. The summed E-state index contributed by atoms with van der Waals surface area (Å²) in [4.78, 5) is 2.38. The Morgan fingerprint density at radius 3 is 2.63 bits per heavy atom. The van der Waals surface area contributed by atoms with Crippen molar-refractivity contribution in [2.75, 3.05) is 7.05 Å². The van der Waals surface area contributed by atoms with Gasteiger partial charge in [-0.05, 0) is 50.4 Å². The zero-order valence-electron chi connectivity index (χ0n) is 11.2. The molecule has 0 radical (unpaired) electrons. The Morgan fingerprint density at radius 1 is 1.32 bits per heavy atom. The topological polar surface area (TPSA) is 15.3 Å². The summed E-state index contributed by atoms with van der Waals surface area (Å²) >= 11 is 5.84. The number of rotatable bonds is 3. The Kier molecular flexibility index (Phi) is 3.79. The van der Waals surface area contributed by atoms with Crippen LogP contribution in [0.5, 0.6) is 0 Å². The van der Waals surface area contributed by atoms with Crippen molar-refractivity contribution >= 4 is 11.6 Å². The number of nitrogens with one attached hydrogen (secondary N) is 1. The number of fused-ring (bicyclic) bond motifs is 2. The second-order valence-electron chi connectivity index (χ2n) is 5.93. The van der Waals surface area contributed by atoms with E-state index in [2.05, 4.69) is 17.3 Å². The van der Waals surface area contributed by atoms with Crippen LogP contribution in [0.25, 0.3) is 0 Å². The largest absolute Gasteiger partial charge is 0.311 e. The van der Waals surface area contributed by atoms with E-state index in [1.54, 1.807) is 6.07 Å². The first kappa shape index (κ1) is 13.3. The van der Waals surface area contributed by atoms with Crippen LogP contribution in [0.15, 0.2) is 18.2 Å². The molecule has 0 saturated carbocycles. The molecule has 2 bridgehead atoms. The van der Waals surface area contributed by atoms with Crippen molar-refractivity contribution < 1.29 is 4.39 Å². The van der Waals surface area contributed by atoms with Crippen LogP contribution in [0.4, 0.5) is 4.39 Å². The van der Waals surface area contributed by atoms with Crippen LogP contribution in [-0.4, -0.2) is 30.1 Å². The summed E-state index contributed by atoms with van der Waals surface area (Å²) in [6.07, 6.45) is 5.08. The lowest BCUT2D eigenvalue weighted by atomic mass is 9.98. The molecule has 1 N–H and O–H groups in total. The van der Waals surface area contributed by atoms with E-state index in [-0.39, 0.29) is 10.8 Å². The first-order chi connectivity index (χ1) is 9.11. The van der Waals surface area contributed by atoms with E-state index in [1.165, 1.54) is 31.7 Å². The molecule has 2 saturated heterocycles. The first-order valence-corrected chi connectivity index (χ1v) is 7.40. The Labute approximate surface area is 118 Å². The molecule has 2 heterocycles. The predicted molar refractivity (Wildman–Crippen MR) is 75.8 cm³/mol. The molecule has 4 heteroatoms. The molecule has 0 amide bonds. The zero-order valence-corrected chi connectivity index (χ0v) is 12.0. The summed E-state index contributed by atoms with van der Waals surface area (Å²) < 4.78 is 13.1. The molecule has 0 spiro atoms. The second kappa shape index (κ2) is 5.39. The van der Waals surface area contributed by atoms with Crippen LogP contribution < -0.4 is 5.32 Å². The highest BCUT2D eigenvalue weighted by molar-refractivity contribution is 6.30. The Bertz CT molecular complexity index is 453. The lowest BCUT2D eigenvalue weighted by Crippen LogP contribution is -2.46. The lowest BCUT2D eigenvalue weighted by Gasteiger charge is -2.35. The lowest BCUT2D eigenvalue weighted by molar-refractivity contribution is 0.166. The van der Waals surface area contributed by atoms with Gasteiger partial charge in [0.15, 0.2) is 0 Å². The van der Waals surface area contributed by atoms with Crippen LogP contribution in [0, 0.1) is 5.82 Å². The SMILES string of the molecule is CN(Cc1ccc(F)c(Cl)c1)C1CC2CCC(C1)N2. The molecule has 2 aliphatic heterocycles. The van der Waals surface area contributed by atoms with Gasteiger partial charge in [-0.25, -0.2) is 4.39 Å². The number of nitrogens with zero attached hydrogens (tertiary/aromatic N) is 1. The van der Waals surface area contributed by atoms with Crippen molar-refractivity contribution in [2.24, 2.45) is 0 Å². The fraction of sp³-hybridized carbons (Fsp3) is 0.600. The van der Waals surface area contributed by atoms with Crippen molar-refractivity contribution in [3.05, 3.63) is 34.6 Å². The van der Waals surface area contributed by atoms with Gasteiger partial charge in [0.05, 0.1) is 5.02 Å². The van der Waals surface area contributed by atoms with Gasteiger partial charge in [0.25, 0.3) is 0 Å². The number of benzene rings is 1. The second-order valence-corrected chi connectivity index (χ2v) is 6.33. The molecule has 2 unspecified atom stereocenters. The quantitative estimate of drug-likeness (QED) is 0.916. The molecule has 0 aromatic heterocycles. The van der Waals surface area contributed by atoms with E-state index in [4.69, 9.17) is 11.6 Å². The number of hydrogen-bond donors (Lipinski definition) is 1. The molecule has 19 heavy (non-hydrogen) atoms. The fourth-order valence-corrected chi connectivity index (χ4v) is 3.65. The molecule has 3 rings (SSSR count). The van der Waals surface area contributed by atoms with Gasteiger partial charge in [-0.3, -0.25) is 4.90 Å². The van der Waals surface area contributed by atoms with Crippen molar-refractivity contribution in [1.29, 1.82) is 0 Å². The smallest absolute Gasteiger partial charge is 0.141 e. The van der Waals surface area contributed by atoms with Crippen molar-refractivity contribution in [3.8, 4) is 0 Å². The van der Waals surface area contributed by atoms with Gasteiger partial charge in [0, 0.05) is 24.7 Å². The molecule has 1 aromatic rings. The summed E-state index contributed by atoms with van der Waals surface area (Å²) in [6.45, 7) is 0.837. The molecule has 0 aliphatic carbocycles. The summed E-state index contributed by atoms with van der Waals surface area (Å²) in [5, 5.41) is 3.88. The monoisotopic (exact) mass is 282 g/mol. The van der Waals surface area contributed by atoms with E-state index in [0.717, 1.165) is 12.1 Å². The Balaban J connectivity index is 1.64. The number of piperidine rings is 1. The minimum atomic E-state index is -0.340. The van der Waals surface area contributed by atoms with E-state index < -0.39 is 0 Å². The van der Waals surface area contributed by atoms with Gasteiger partial charge in [-0.15, -0.1) is 0 Å². The predicted octanol–water partition coefficient (Wildman–Crippen LogP) is 3.19. The van der Waals surface area contributed by atoms with E-state index in [9.17, 15) is 4.39 Å². The van der Waals surface area contributed by atoms with Crippen LogP contribution >= 0.6 is 11.6 Å². The number of halogens is 2. The van der Waals surface area contributed by atoms with E-state index in [1.807, 2.05) is 6.07 Å². The van der Waals surface area contributed by atoms with Gasteiger partial charge in [0.1, 0.15) is 5.82 Å². The molecule has 2 fully saturated rings. The average molecular weight is 283 g/mol. The van der Waals surface area contributed by atoms with Gasteiger partial charge in [-0.2, -0.15) is 0 Å². The maximum atomic E-state index is 13.1. The van der Waals surface area contributed by atoms with E-state index in [0.29, 0.717) is 18.1 Å². The Morgan fingerprint density at radius 2 is 2.00 bits per heavy atom. The summed E-state index contributed by atoms with van der Waals surface area (Å²) in [5.74, 6) is -0.340. The molecule has 2 aliphatic rings. The van der Waals surface area contributed by atoms with Gasteiger partial charge < -0.3 is 5.32 Å². The van der Waals surface area contributed by atoms with Gasteiger partial charge >= 0.3 is 0 Å². The van der Waals surface area contributed by atoms with Crippen LogP contribution in [0.3, 0.4) is 0 Å². The molecular formula is C15H20ClFN2. The van der Waals surface area contributed by atoms with Crippen LogP contribution in [0.2, 0.25) is 5.02 Å². The normalized spacial score (nSPS) is 30.0. The van der Waals surface area contributed by atoms with Crippen molar-refractivity contribution in [1.82, 2.24) is 10.2 Å². The molecular weight excluding hydrogens is 263 g/mol. The molecule has 1 aromatic carbocycles. The van der Waals surface area contributed by atoms with Crippen molar-refractivity contribution in [3.63, 3.8) is 0 Å². The molecule has 2 nitrogen and oxygen atoms in total. The standard InChI is InChI=1S/C15H20ClFN2/c1-19(9-10-2-5-15(17)14(16)6-10)13-7-11-3-4-12(8-13)18-11/h2,5-6,11-13,18H,3-4,7-9H2,1H3. The van der Waals surface area contributed by atoms with Crippen LogP contribution in [0.1, 0.15) is 31.2 Å². The summed E-state index contributed by atoms with van der Waals surface area (Å²) in [7, 11) is 2.16. The maximum Gasteiger partial charge on any atom is 0.141 e. The maximum absolute atomic E-state index is 13.1. The molecule has 2 atom stereocenters. The fourth-order valence-electron chi connectivity index (χ4n) is 3.44. The summed E-state index contributed by atoms with van der Waals surface area (Å²) in [5.41, 5.74) is 1.08. The third kappa shape index (κ3) is 2.93. The molecule has 104 valence electrons. The Hall–Kier alpha value is -0.640. The highest BCUT2D eigenvalue weighted by Gasteiger charge is 2.34. The zero-order chi connectivity index (χ0) is 13.4. The van der Waals surface area contributed by atoms with E-state index >= 15 is 0 Å². The van der Waals surface area contributed by atoms with Gasteiger partial charge in [0.2, 0.25) is 0 Å².